The van der Waals surface area contributed by atoms with Gasteiger partial charge in [-0.2, -0.15) is 0 Å². The molecule has 0 rings (SSSR count). The van der Waals surface area contributed by atoms with E-state index in [4.69, 9.17) is 11.6 Å². The molecule has 70 valence electrons. The fourth-order valence-corrected chi connectivity index (χ4v) is 0.599. The lowest BCUT2D eigenvalue weighted by atomic mass is 10.2. The second-order valence-electron chi connectivity index (χ2n) is 2.12. The molecule has 0 spiro atoms. The summed E-state index contributed by atoms with van der Waals surface area (Å²) in [6.45, 7) is 1.95. The molecular formula is C6H13N3O3. The molecule has 1 atom stereocenters. The maximum atomic E-state index is 10.8. The molecule has 0 aromatic rings. The minimum absolute atomic E-state index is 0.156. The van der Waals surface area contributed by atoms with Crippen LogP contribution in [0.25, 0.3) is 0 Å². The van der Waals surface area contributed by atoms with Crippen molar-refractivity contribution in [2.45, 2.75) is 19.4 Å². The highest BCUT2D eigenvalue weighted by molar-refractivity contribution is 5.85. The largest absolute Gasteiger partial charge is 0.466 e. The number of hydrogen-bond acceptors (Lipinski definition) is 5. The van der Waals surface area contributed by atoms with Crippen molar-refractivity contribution in [2.24, 2.45) is 11.6 Å². The third kappa shape index (κ3) is 3.89. The van der Waals surface area contributed by atoms with Crippen molar-refractivity contribution in [1.82, 2.24) is 5.43 Å². The number of ether oxygens (including phenoxy) is 1. The number of nitrogens with one attached hydrogen (secondary N) is 1. The first-order valence-corrected chi connectivity index (χ1v) is 3.53. The first kappa shape index (κ1) is 10.9. The Morgan fingerprint density at radius 2 is 2.17 bits per heavy atom. The molecule has 0 aliphatic carbocycles. The normalized spacial score (nSPS) is 11.9. The van der Waals surface area contributed by atoms with Crippen LogP contribution >= 0.6 is 0 Å². The Morgan fingerprint density at radius 1 is 1.58 bits per heavy atom. The van der Waals surface area contributed by atoms with E-state index in [1.165, 1.54) is 0 Å². The summed E-state index contributed by atoms with van der Waals surface area (Å²) in [7, 11) is 0. The maximum absolute atomic E-state index is 10.8. The molecule has 0 aromatic heterocycles. The van der Waals surface area contributed by atoms with E-state index in [0.717, 1.165) is 0 Å². The molecule has 0 saturated heterocycles. The van der Waals surface area contributed by atoms with Gasteiger partial charge in [-0.3, -0.25) is 15.0 Å². The highest BCUT2D eigenvalue weighted by Gasteiger charge is 2.16. The van der Waals surface area contributed by atoms with E-state index in [2.05, 4.69) is 4.74 Å². The molecular weight excluding hydrogens is 162 g/mol. The smallest absolute Gasteiger partial charge is 0.307 e. The molecule has 5 N–H and O–H groups in total. The molecule has 0 aromatic carbocycles. The van der Waals surface area contributed by atoms with E-state index in [1.807, 2.05) is 5.43 Å². The standard InChI is InChI=1S/C6H13N3O3/c1-2-12-5(10)3-4(7)6(11)9-8/h4H,2-3,7-8H2,1H3,(H,9,11). The molecule has 0 bridgehead atoms. The summed E-state index contributed by atoms with van der Waals surface area (Å²) >= 11 is 0. The molecule has 1 amide bonds. The molecule has 6 nitrogen and oxygen atoms in total. The van der Waals surface area contributed by atoms with Gasteiger partial charge in [-0.25, -0.2) is 5.84 Å². The Bertz CT molecular complexity index is 171. The number of carbonyl (C=O) groups is 2. The highest BCUT2D eigenvalue weighted by Crippen LogP contribution is 1.91. The minimum Gasteiger partial charge on any atom is -0.466 e. The van der Waals surface area contributed by atoms with Crippen molar-refractivity contribution in [3.8, 4) is 0 Å². The molecule has 6 heteroatoms. The summed E-state index contributed by atoms with van der Waals surface area (Å²) in [6, 6.07) is -0.936. The van der Waals surface area contributed by atoms with E-state index >= 15 is 0 Å². The Hall–Kier alpha value is -1.14. The van der Waals surface area contributed by atoms with Crippen LogP contribution in [0.4, 0.5) is 0 Å². The van der Waals surface area contributed by atoms with Gasteiger partial charge in [0.15, 0.2) is 0 Å². The Balaban J connectivity index is 3.75. The van der Waals surface area contributed by atoms with Gasteiger partial charge in [-0.15, -0.1) is 0 Å². The minimum atomic E-state index is -0.936. The van der Waals surface area contributed by atoms with E-state index in [9.17, 15) is 9.59 Å². The molecule has 0 radical (unpaired) electrons. The van der Waals surface area contributed by atoms with Crippen LogP contribution in [0, 0.1) is 0 Å². The molecule has 0 fully saturated rings. The van der Waals surface area contributed by atoms with Crippen molar-refractivity contribution in [3.63, 3.8) is 0 Å². The number of hydrogen-bond donors (Lipinski definition) is 3. The number of rotatable bonds is 4. The van der Waals surface area contributed by atoms with Gasteiger partial charge in [0.25, 0.3) is 5.91 Å². The number of esters is 1. The maximum Gasteiger partial charge on any atom is 0.307 e. The van der Waals surface area contributed by atoms with Crippen LogP contribution in [0.15, 0.2) is 0 Å². The van der Waals surface area contributed by atoms with Crippen LogP contribution in [0.1, 0.15) is 13.3 Å². The van der Waals surface area contributed by atoms with Crippen LogP contribution < -0.4 is 17.0 Å². The van der Waals surface area contributed by atoms with Crippen LogP contribution in [-0.4, -0.2) is 24.5 Å². The molecule has 0 aliphatic heterocycles. The monoisotopic (exact) mass is 175 g/mol. The predicted octanol–water partition coefficient (Wildman–Crippen LogP) is -1.74. The third-order valence-corrected chi connectivity index (χ3v) is 1.17. The molecule has 1 unspecified atom stereocenters. The number of carbonyl (C=O) groups excluding carboxylic acids is 2. The second-order valence-corrected chi connectivity index (χ2v) is 2.12. The summed E-state index contributed by atoms with van der Waals surface area (Å²) in [6.07, 6.45) is -0.156. The highest BCUT2D eigenvalue weighted by atomic mass is 16.5. The van der Waals surface area contributed by atoms with Gasteiger partial charge in [0.1, 0.15) is 0 Å². The van der Waals surface area contributed by atoms with Crippen LogP contribution in [0.3, 0.4) is 0 Å². The van der Waals surface area contributed by atoms with E-state index in [-0.39, 0.29) is 13.0 Å². The van der Waals surface area contributed by atoms with Crippen molar-refractivity contribution in [2.75, 3.05) is 6.61 Å². The van der Waals surface area contributed by atoms with Gasteiger partial charge >= 0.3 is 5.97 Å². The molecule has 0 heterocycles. The van der Waals surface area contributed by atoms with Gasteiger partial charge in [0.05, 0.1) is 19.1 Å². The van der Waals surface area contributed by atoms with Gasteiger partial charge in [0.2, 0.25) is 0 Å². The quantitative estimate of drug-likeness (QED) is 0.203. The lowest BCUT2D eigenvalue weighted by Gasteiger charge is -2.07. The first-order chi connectivity index (χ1) is 5.61. The third-order valence-electron chi connectivity index (χ3n) is 1.17. The average Bonchev–Trinajstić information content (AvgIpc) is 2.03. The second kappa shape index (κ2) is 5.50. The fourth-order valence-electron chi connectivity index (χ4n) is 0.599. The van der Waals surface area contributed by atoms with Crippen molar-refractivity contribution in [3.05, 3.63) is 0 Å². The van der Waals surface area contributed by atoms with Gasteiger partial charge < -0.3 is 10.5 Å². The lowest BCUT2D eigenvalue weighted by Crippen LogP contribution is -2.45. The van der Waals surface area contributed by atoms with Gasteiger partial charge in [-0.1, -0.05) is 0 Å². The lowest BCUT2D eigenvalue weighted by molar-refractivity contribution is -0.145. The summed E-state index contributed by atoms with van der Waals surface area (Å²) in [5.41, 5.74) is 7.11. The average molecular weight is 175 g/mol. The molecule has 0 aliphatic rings. The predicted molar refractivity (Wildman–Crippen MR) is 41.6 cm³/mol. The topological polar surface area (TPSA) is 107 Å². The zero-order chi connectivity index (χ0) is 9.56. The molecule has 0 saturated carbocycles. The Morgan fingerprint density at radius 3 is 2.58 bits per heavy atom. The number of nitrogens with two attached hydrogens (primary N) is 2. The zero-order valence-electron chi connectivity index (χ0n) is 6.87. The van der Waals surface area contributed by atoms with Crippen molar-refractivity contribution in [1.29, 1.82) is 0 Å². The molecule has 12 heavy (non-hydrogen) atoms. The van der Waals surface area contributed by atoms with Crippen molar-refractivity contribution < 1.29 is 14.3 Å². The van der Waals surface area contributed by atoms with E-state index in [0.29, 0.717) is 0 Å². The number of amides is 1. The van der Waals surface area contributed by atoms with Crippen LogP contribution in [-0.2, 0) is 14.3 Å². The summed E-state index contributed by atoms with van der Waals surface area (Å²) < 4.78 is 4.57. The summed E-state index contributed by atoms with van der Waals surface area (Å²) in [5.74, 6) is 3.70. The van der Waals surface area contributed by atoms with E-state index < -0.39 is 17.9 Å². The number of hydrazine groups is 1. The van der Waals surface area contributed by atoms with Crippen molar-refractivity contribution >= 4 is 11.9 Å². The van der Waals surface area contributed by atoms with E-state index in [1.54, 1.807) is 6.92 Å². The Labute approximate surface area is 70.2 Å². The summed E-state index contributed by atoms with van der Waals surface area (Å²) in [5, 5.41) is 0. The Kier molecular flexibility index (Phi) is 4.98. The van der Waals surface area contributed by atoms with Crippen LogP contribution in [0.5, 0.6) is 0 Å². The first-order valence-electron chi connectivity index (χ1n) is 3.53. The van der Waals surface area contributed by atoms with Gasteiger partial charge in [-0.05, 0) is 6.92 Å². The van der Waals surface area contributed by atoms with Crippen LogP contribution in [0.2, 0.25) is 0 Å². The zero-order valence-corrected chi connectivity index (χ0v) is 6.87. The fraction of sp³-hybridized carbons (Fsp3) is 0.667. The summed E-state index contributed by atoms with van der Waals surface area (Å²) in [4.78, 5) is 21.4. The SMILES string of the molecule is CCOC(=O)CC(N)C(=O)NN. The van der Waals surface area contributed by atoms with Gasteiger partial charge in [0, 0.05) is 0 Å².